The van der Waals surface area contributed by atoms with Crippen molar-refractivity contribution in [2.75, 3.05) is 5.73 Å². The van der Waals surface area contributed by atoms with Gasteiger partial charge in [-0.3, -0.25) is 4.79 Å². The van der Waals surface area contributed by atoms with Gasteiger partial charge in [0.15, 0.2) is 0 Å². The minimum atomic E-state index is -0.550. The van der Waals surface area contributed by atoms with Gasteiger partial charge < -0.3 is 11.5 Å². The fourth-order valence-corrected chi connectivity index (χ4v) is 3.89. The molecule has 122 valence electrons. The van der Waals surface area contributed by atoms with Crippen molar-refractivity contribution in [3.8, 4) is 0 Å². The quantitative estimate of drug-likeness (QED) is 0.731. The van der Waals surface area contributed by atoms with Gasteiger partial charge in [-0.15, -0.1) is 11.3 Å². The van der Waals surface area contributed by atoms with Crippen LogP contribution in [0.2, 0.25) is 5.02 Å². The molecule has 0 saturated carbocycles. The number of nitrogen functional groups attached to an aromatic ring is 1. The molecule has 24 heavy (non-hydrogen) atoms. The molecule has 0 saturated heterocycles. The second-order valence-corrected chi connectivity index (χ2v) is 7.14. The van der Waals surface area contributed by atoms with Crippen LogP contribution >= 0.6 is 22.9 Å². The molecule has 3 rings (SSSR count). The highest BCUT2D eigenvalue weighted by atomic mass is 35.5. The fraction of sp³-hybridized carbons (Fsp3) is 0.111. The Morgan fingerprint density at radius 1 is 1.12 bits per heavy atom. The summed E-state index contributed by atoms with van der Waals surface area (Å²) in [5, 5.41) is 0.739. The number of amides is 1. The minimum absolute atomic E-state index is 0.177. The third kappa shape index (κ3) is 3.75. The molecule has 3 aromatic rings. The maximum atomic E-state index is 11.6. The molecule has 0 atom stereocenters. The molecule has 2 aromatic heterocycles. The topological polar surface area (TPSA) is 82.0 Å². The predicted octanol–water partition coefficient (Wildman–Crippen LogP) is 3.66. The molecule has 0 aliphatic carbocycles. The van der Waals surface area contributed by atoms with Gasteiger partial charge in [0.2, 0.25) is 0 Å². The standard InChI is InChI=1S/C18H16ClN3OS/c19-13-3-1-2-11(8-13)9-14-4-5-15(24-14)10-12-6-7-22-17(20)16(12)18(21)23/h1-8H,9-10H2,(H2,20,22)(H2,21,23). The number of hydrogen-bond donors (Lipinski definition) is 2. The highest BCUT2D eigenvalue weighted by Crippen LogP contribution is 2.25. The van der Waals surface area contributed by atoms with Gasteiger partial charge in [0.05, 0.1) is 5.56 Å². The van der Waals surface area contributed by atoms with Crippen LogP contribution < -0.4 is 11.5 Å². The Morgan fingerprint density at radius 2 is 1.88 bits per heavy atom. The van der Waals surface area contributed by atoms with Gasteiger partial charge in [-0.1, -0.05) is 23.7 Å². The molecule has 0 radical (unpaired) electrons. The van der Waals surface area contributed by atoms with Gasteiger partial charge in [0.25, 0.3) is 5.91 Å². The number of benzene rings is 1. The third-order valence-electron chi connectivity index (χ3n) is 3.66. The number of primary amides is 1. The van der Waals surface area contributed by atoms with E-state index in [0.717, 1.165) is 21.9 Å². The summed E-state index contributed by atoms with van der Waals surface area (Å²) in [4.78, 5) is 17.9. The average Bonchev–Trinajstić information content (AvgIpc) is 2.94. The zero-order valence-corrected chi connectivity index (χ0v) is 14.4. The summed E-state index contributed by atoms with van der Waals surface area (Å²) in [5.41, 5.74) is 13.5. The second-order valence-electron chi connectivity index (χ2n) is 5.45. The number of rotatable bonds is 5. The van der Waals surface area contributed by atoms with E-state index in [1.165, 1.54) is 10.4 Å². The summed E-state index contributed by atoms with van der Waals surface area (Å²) in [7, 11) is 0. The van der Waals surface area contributed by atoms with Gasteiger partial charge >= 0.3 is 0 Å². The number of halogens is 1. The molecule has 4 nitrogen and oxygen atoms in total. The normalized spacial score (nSPS) is 10.7. The van der Waals surface area contributed by atoms with Crippen LogP contribution in [-0.2, 0) is 12.8 Å². The lowest BCUT2D eigenvalue weighted by atomic mass is 10.0. The van der Waals surface area contributed by atoms with Crippen molar-refractivity contribution in [1.29, 1.82) is 0 Å². The number of pyridine rings is 1. The van der Waals surface area contributed by atoms with Gasteiger partial charge in [-0.25, -0.2) is 4.98 Å². The molecular weight excluding hydrogens is 342 g/mol. The first-order valence-corrected chi connectivity index (χ1v) is 8.57. The fourth-order valence-electron chi connectivity index (χ4n) is 2.60. The molecule has 1 aromatic carbocycles. The van der Waals surface area contributed by atoms with Crippen molar-refractivity contribution in [2.45, 2.75) is 12.8 Å². The first-order chi connectivity index (χ1) is 11.5. The lowest BCUT2D eigenvalue weighted by Gasteiger charge is -2.07. The van der Waals surface area contributed by atoms with E-state index < -0.39 is 5.91 Å². The first-order valence-electron chi connectivity index (χ1n) is 7.38. The van der Waals surface area contributed by atoms with Crippen LogP contribution in [0, 0.1) is 0 Å². The van der Waals surface area contributed by atoms with Crippen molar-refractivity contribution in [2.24, 2.45) is 5.73 Å². The number of thiophene rings is 1. The maximum Gasteiger partial charge on any atom is 0.252 e. The molecule has 0 aliphatic heterocycles. The van der Waals surface area contributed by atoms with E-state index in [1.807, 2.05) is 18.2 Å². The minimum Gasteiger partial charge on any atom is -0.383 e. The Morgan fingerprint density at radius 3 is 2.58 bits per heavy atom. The summed E-state index contributed by atoms with van der Waals surface area (Å²) in [6, 6.07) is 13.8. The van der Waals surface area contributed by atoms with Crippen molar-refractivity contribution in [1.82, 2.24) is 4.98 Å². The zero-order chi connectivity index (χ0) is 17.1. The number of aromatic nitrogens is 1. The van der Waals surface area contributed by atoms with E-state index in [9.17, 15) is 4.79 Å². The number of carbonyl (C=O) groups excluding carboxylic acids is 1. The SMILES string of the molecule is NC(=O)c1c(Cc2ccc(Cc3cccc(Cl)c3)s2)ccnc1N. The molecule has 0 aliphatic rings. The van der Waals surface area contributed by atoms with Crippen LogP contribution in [0.25, 0.3) is 0 Å². The second kappa shape index (κ2) is 7.03. The van der Waals surface area contributed by atoms with E-state index in [1.54, 1.807) is 23.6 Å². The maximum absolute atomic E-state index is 11.6. The monoisotopic (exact) mass is 357 g/mol. The van der Waals surface area contributed by atoms with Crippen LogP contribution in [0.5, 0.6) is 0 Å². The first kappa shape index (κ1) is 16.5. The van der Waals surface area contributed by atoms with E-state index >= 15 is 0 Å². The van der Waals surface area contributed by atoms with Gasteiger partial charge in [-0.05, 0) is 41.5 Å². The van der Waals surface area contributed by atoms with Crippen LogP contribution in [0.4, 0.5) is 5.82 Å². The van der Waals surface area contributed by atoms with E-state index in [0.29, 0.717) is 12.0 Å². The van der Waals surface area contributed by atoms with Gasteiger partial charge in [0, 0.05) is 33.8 Å². The molecule has 0 bridgehead atoms. The number of nitrogens with zero attached hydrogens (tertiary/aromatic N) is 1. The smallest absolute Gasteiger partial charge is 0.252 e. The molecule has 0 spiro atoms. The largest absolute Gasteiger partial charge is 0.383 e. The molecule has 0 unspecified atom stereocenters. The van der Waals surface area contributed by atoms with Crippen LogP contribution in [0.1, 0.15) is 31.2 Å². The Hall–Kier alpha value is -2.37. The number of carbonyl (C=O) groups is 1. The van der Waals surface area contributed by atoms with Crippen molar-refractivity contribution in [3.05, 3.63) is 80.1 Å². The Bertz CT molecular complexity index is 891. The van der Waals surface area contributed by atoms with Crippen molar-refractivity contribution in [3.63, 3.8) is 0 Å². The summed E-state index contributed by atoms with van der Waals surface area (Å²) in [5.74, 6) is -0.373. The van der Waals surface area contributed by atoms with Gasteiger partial charge in [0.1, 0.15) is 5.82 Å². The molecule has 4 N–H and O–H groups in total. The average molecular weight is 358 g/mol. The predicted molar refractivity (Wildman–Crippen MR) is 98.6 cm³/mol. The van der Waals surface area contributed by atoms with Crippen LogP contribution in [-0.4, -0.2) is 10.9 Å². The zero-order valence-electron chi connectivity index (χ0n) is 12.8. The number of anilines is 1. The van der Waals surface area contributed by atoms with E-state index in [-0.39, 0.29) is 5.82 Å². The highest BCUT2D eigenvalue weighted by molar-refractivity contribution is 7.12. The summed E-state index contributed by atoms with van der Waals surface area (Å²) < 4.78 is 0. The summed E-state index contributed by atoms with van der Waals surface area (Å²) in [6.45, 7) is 0. The highest BCUT2D eigenvalue weighted by Gasteiger charge is 2.14. The van der Waals surface area contributed by atoms with Crippen LogP contribution in [0.15, 0.2) is 48.7 Å². The lowest BCUT2D eigenvalue weighted by Crippen LogP contribution is -2.17. The molecule has 6 heteroatoms. The van der Waals surface area contributed by atoms with Crippen LogP contribution in [0.3, 0.4) is 0 Å². The summed E-state index contributed by atoms with van der Waals surface area (Å²) in [6.07, 6.45) is 3.02. The third-order valence-corrected chi connectivity index (χ3v) is 4.98. The Labute approximate surface area is 149 Å². The van der Waals surface area contributed by atoms with Gasteiger partial charge in [-0.2, -0.15) is 0 Å². The van der Waals surface area contributed by atoms with E-state index in [2.05, 4.69) is 23.2 Å². The summed E-state index contributed by atoms with van der Waals surface area (Å²) >= 11 is 7.73. The Kier molecular flexibility index (Phi) is 4.83. The number of hydrogen-bond acceptors (Lipinski definition) is 4. The molecule has 2 heterocycles. The molecular formula is C18H16ClN3OS. The molecule has 0 fully saturated rings. The van der Waals surface area contributed by atoms with E-state index in [4.69, 9.17) is 23.1 Å². The molecule has 1 amide bonds. The van der Waals surface area contributed by atoms with Crippen molar-refractivity contribution >= 4 is 34.7 Å². The van der Waals surface area contributed by atoms with Crippen molar-refractivity contribution < 1.29 is 4.79 Å². The number of nitrogens with two attached hydrogens (primary N) is 2. The lowest BCUT2D eigenvalue weighted by molar-refractivity contribution is 0.1000. The Balaban J connectivity index is 1.80.